The third-order valence-corrected chi connectivity index (χ3v) is 7.12. The molecule has 3 aromatic carbocycles. The van der Waals surface area contributed by atoms with Gasteiger partial charge >= 0.3 is 5.97 Å². The van der Waals surface area contributed by atoms with Crippen LogP contribution in [0.3, 0.4) is 0 Å². The Morgan fingerprint density at radius 2 is 1.83 bits per heavy atom. The van der Waals surface area contributed by atoms with Crippen LogP contribution >= 0.6 is 0 Å². The Morgan fingerprint density at radius 3 is 2.68 bits per heavy atom. The van der Waals surface area contributed by atoms with Crippen LogP contribution in [0.1, 0.15) is 46.9 Å². The number of hydrogen-bond donors (Lipinski definition) is 1. The van der Waals surface area contributed by atoms with E-state index in [0.29, 0.717) is 34.4 Å². The number of nitro benzene ring substituents is 1. The summed E-state index contributed by atoms with van der Waals surface area (Å²) in [5.41, 5.74) is 4.16. The topological polar surface area (TPSA) is 130 Å². The zero-order chi connectivity index (χ0) is 28.5. The van der Waals surface area contributed by atoms with Gasteiger partial charge in [-0.25, -0.2) is 9.78 Å². The van der Waals surface area contributed by atoms with Gasteiger partial charge in [-0.2, -0.15) is 0 Å². The average Bonchev–Trinajstić information content (AvgIpc) is 3.44. The predicted octanol–water partition coefficient (Wildman–Crippen LogP) is 5.93. The summed E-state index contributed by atoms with van der Waals surface area (Å²) >= 11 is 0. The Morgan fingerprint density at radius 1 is 1.05 bits per heavy atom. The number of nitrogens with one attached hydrogen (secondary N) is 1. The summed E-state index contributed by atoms with van der Waals surface area (Å²) in [5, 5.41) is 14.5. The van der Waals surface area contributed by atoms with Crippen molar-refractivity contribution < 1.29 is 28.7 Å². The summed E-state index contributed by atoms with van der Waals surface area (Å²) in [6.45, 7) is 1.62. The minimum absolute atomic E-state index is 0.0236. The highest BCUT2D eigenvalue weighted by atomic mass is 16.7. The standard InChI is InChI=1S/C31H25N3O7/c1-18(30(35)33-24-11-4-5-12-25(24)34(37)38)41-31(36)28-21-8-2-3-10-23(21)32-29-20(7-6-9-22(28)29)15-19-13-14-26-27(16-19)40-17-39-26/h2-5,8,10-16,18H,6-7,9,17H2,1H3,(H,33,35)/b20-15+. The zero-order valence-electron chi connectivity index (χ0n) is 22.1. The van der Waals surface area contributed by atoms with Crippen LogP contribution in [0.5, 0.6) is 11.5 Å². The fourth-order valence-electron chi connectivity index (χ4n) is 5.16. The lowest BCUT2D eigenvalue weighted by Gasteiger charge is -2.23. The highest BCUT2D eigenvalue weighted by Gasteiger charge is 2.29. The number of esters is 1. The first-order valence-corrected chi connectivity index (χ1v) is 13.2. The third kappa shape index (κ3) is 5.07. The molecule has 0 fully saturated rings. The van der Waals surface area contributed by atoms with Gasteiger partial charge in [0.1, 0.15) is 5.69 Å². The number of rotatable bonds is 6. The summed E-state index contributed by atoms with van der Waals surface area (Å²) in [6.07, 6.45) is 3.02. The van der Waals surface area contributed by atoms with Crippen LogP contribution in [0.25, 0.3) is 22.6 Å². The highest BCUT2D eigenvalue weighted by molar-refractivity contribution is 6.08. The van der Waals surface area contributed by atoms with Crippen LogP contribution in [0.2, 0.25) is 0 Å². The average molecular weight is 552 g/mol. The molecule has 1 unspecified atom stereocenters. The summed E-state index contributed by atoms with van der Waals surface area (Å²) in [6, 6.07) is 18.8. The number of allylic oxidation sites excluding steroid dienone is 1. The molecule has 1 aliphatic heterocycles. The first-order valence-electron chi connectivity index (χ1n) is 13.2. The maximum atomic E-state index is 13.7. The number of fused-ring (bicyclic) bond motifs is 3. The van der Waals surface area contributed by atoms with E-state index in [1.807, 2.05) is 48.5 Å². The molecule has 6 rings (SSSR count). The van der Waals surface area contributed by atoms with E-state index in [1.165, 1.54) is 25.1 Å². The molecule has 4 aromatic rings. The lowest BCUT2D eigenvalue weighted by atomic mass is 9.86. The molecule has 1 atom stereocenters. The van der Waals surface area contributed by atoms with Gasteiger partial charge in [-0.3, -0.25) is 14.9 Å². The van der Waals surface area contributed by atoms with Crippen LogP contribution in [0.4, 0.5) is 11.4 Å². The van der Waals surface area contributed by atoms with E-state index in [0.717, 1.165) is 35.2 Å². The Bertz CT molecular complexity index is 1750. The summed E-state index contributed by atoms with van der Waals surface area (Å²) in [7, 11) is 0. The summed E-state index contributed by atoms with van der Waals surface area (Å²) < 4.78 is 16.6. The third-order valence-electron chi connectivity index (χ3n) is 7.12. The van der Waals surface area contributed by atoms with Gasteiger partial charge in [-0.1, -0.05) is 36.4 Å². The molecule has 41 heavy (non-hydrogen) atoms. The molecule has 1 aliphatic carbocycles. The fraction of sp³-hybridized carbons (Fsp3) is 0.194. The van der Waals surface area contributed by atoms with Gasteiger partial charge in [-0.05, 0) is 73.2 Å². The smallest absolute Gasteiger partial charge is 0.339 e. The molecule has 0 saturated carbocycles. The van der Waals surface area contributed by atoms with Crippen molar-refractivity contribution >= 4 is 45.8 Å². The minimum Gasteiger partial charge on any atom is -0.454 e. The summed E-state index contributed by atoms with van der Waals surface area (Å²) in [5.74, 6) is 0.0438. The van der Waals surface area contributed by atoms with E-state index < -0.39 is 22.9 Å². The van der Waals surface area contributed by atoms with Gasteiger partial charge in [0.15, 0.2) is 17.6 Å². The normalized spacial score (nSPS) is 15.3. The molecule has 206 valence electrons. The van der Waals surface area contributed by atoms with E-state index in [1.54, 1.807) is 6.07 Å². The lowest BCUT2D eigenvalue weighted by molar-refractivity contribution is -0.383. The molecule has 0 saturated heterocycles. The van der Waals surface area contributed by atoms with E-state index in [4.69, 9.17) is 19.2 Å². The molecule has 0 radical (unpaired) electrons. The number of para-hydroxylation sites is 3. The largest absolute Gasteiger partial charge is 0.454 e. The van der Waals surface area contributed by atoms with Crippen LogP contribution in [0, 0.1) is 10.1 Å². The number of pyridine rings is 1. The van der Waals surface area contributed by atoms with Crippen molar-refractivity contribution in [3.63, 3.8) is 0 Å². The van der Waals surface area contributed by atoms with Crippen LogP contribution < -0.4 is 14.8 Å². The van der Waals surface area contributed by atoms with Gasteiger partial charge in [0, 0.05) is 11.5 Å². The molecule has 10 nitrogen and oxygen atoms in total. The zero-order valence-corrected chi connectivity index (χ0v) is 22.1. The van der Waals surface area contributed by atoms with Crippen molar-refractivity contribution in [1.82, 2.24) is 4.98 Å². The van der Waals surface area contributed by atoms with E-state index in [2.05, 4.69) is 5.32 Å². The maximum Gasteiger partial charge on any atom is 0.339 e. The van der Waals surface area contributed by atoms with Crippen molar-refractivity contribution in [2.24, 2.45) is 0 Å². The number of carbonyl (C=O) groups is 2. The molecule has 10 heteroatoms. The van der Waals surface area contributed by atoms with Crippen LogP contribution in [0.15, 0.2) is 66.7 Å². The Balaban J connectivity index is 1.33. The number of benzene rings is 3. The number of hydrogen-bond acceptors (Lipinski definition) is 8. The second kappa shape index (κ2) is 10.7. The van der Waals surface area contributed by atoms with Crippen molar-refractivity contribution in [1.29, 1.82) is 0 Å². The van der Waals surface area contributed by atoms with Gasteiger partial charge < -0.3 is 19.5 Å². The number of amides is 1. The second-order valence-electron chi connectivity index (χ2n) is 9.78. The first-order chi connectivity index (χ1) is 19.9. The fourth-order valence-corrected chi connectivity index (χ4v) is 5.16. The minimum atomic E-state index is -1.21. The molecule has 2 aliphatic rings. The molecule has 0 spiro atoms. The molecule has 1 N–H and O–H groups in total. The SMILES string of the molecule is CC(OC(=O)c1c2c(nc3ccccc13)/C(=C/c1ccc3c(c1)OCO3)CCC2)C(=O)Nc1ccccc1[N+](=O)[O-]. The number of anilines is 1. The number of nitrogens with zero attached hydrogens (tertiary/aromatic N) is 2. The van der Waals surface area contributed by atoms with Crippen molar-refractivity contribution in [2.75, 3.05) is 12.1 Å². The Kier molecular flexibility index (Phi) is 6.80. The van der Waals surface area contributed by atoms with Gasteiger partial charge in [0.05, 0.1) is 21.7 Å². The monoisotopic (exact) mass is 551 g/mol. The number of nitro groups is 1. The number of carbonyl (C=O) groups excluding carboxylic acids is 2. The van der Waals surface area contributed by atoms with E-state index in [-0.39, 0.29) is 18.2 Å². The summed E-state index contributed by atoms with van der Waals surface area (Å²) in [4.78, 5) is 42.2. The lowest BCUT2D eigenvalue weighted by Crippen LogP contribution is -2.31. The molecule has 0 bridgehead atoms. The van der Waals surface area contributed by atoms with Gasteiger partial charge in [0.25, 0.3) is 11.6 Å². The second-order valence-corrected chi connectivity index (χ2v) is 9.78. The molecule has 1 amide bonds. The molecular weight excluding hydrogens is 526 g/mol. The Labute approximate surface area is 234 Å². The van der Waals surface area contributed by atoms with E-state index >= 15 is 0 Å². The quantitative estimate of drug-likeness (QED) is 0.177. The van der Waals surface area contributed by atoms with Crippen molar-refractivity contribution in [3.8, 4) is 11.5 Å². The molecule has 2 heterocycles. The van der Waals surface area contributed by atoms with Gasteiger partial charge in [0.2, 0.25) is 6.79 Å². The van der Waals surface area contributed by atoms with Crippen LogP contribution in [-0.4, -0.2) is 34.7 Å². The highest BCUT2D eigenvalue weighted by Crippen LogP contribution is 2.38. The molecule has 1 aromatic heterocycles. The van der Waals surface area contributed by atoms with E-state index in [9.17, 15) is 19.7 Å². The van der Waals surface area contributed by atoms with Crippen molar-refractivity contribution in [2.45, 2.75) is 32.3 Å². The molecular formula is C31H25N3O7. The van der Waals surface area contributed by atoms with Crippen LogP contribution in [-0.2, 0) is 16.0 Å². The maximum absolute atomic E-state index is 13.7. The van der Waals surface area contributed by atoms with Gasteiger partial charge in [-0.15, -0.1) is 0 Å². The number of aromatic nitrogens is 1. The first kappa shape index (κ1) is 26.0. The van der Waals surface area contributed by atoms with Crippen molar-refractivity contribution in [3.05, 3.63) is 99.2 Å². The number of ether oxygens (including phenoxy) is 3. The Hall–Kier alpha value is -5.25. The predicted molar refractivity (Wildman–Crippen MR) is 152 cm³/mol.